The fourth-order valence-electron chi connectivity index (χ4n) is 1.90. The van der Waals surface area contributed by atoms with Gasteiger partial charge in [-0.3, -0.25) is 0 Å². The Morgan fingerprint density at radius 1 is 1.29 bits per heavy atom. The molecule has 1 aliphatic rings. The molecule has 1 atom stereocenters. The van der Waals surface area contributed by atoms with Crippen molar-refractivity contribution < 1.29 is 19.0 Å². The molecule has 0 fully saturated rings. The van der Waals surface area contributed by atoms with Gasteiger partial charge < -0.3 is 14.2 Å². The minimum atomic E-state index is -0.383. The number of rotatable bonds is 4. The fraction of sp³-hybridized carbons (Fsp3) is 0.188. The number of ether oxygens (including phenoxy) is 3. The van der Waals surface area contributed by atoms with Crippen LogP contribution in [0.2, 0.25) is 0 Å². The molecule has 0 spiro atoms. The molecule has 0 aliphatic carbocycles. The van der Waals surface area contributed by atoms with E-state index in [0.717, 1.165) is 10.6 Å². The van der Waals surface area contributed by atoms with Crippen LogP contribution in [-0.4, -0.2) is 25.3 Å². The number of carbonyl (C=O) groups excluding carboxylic acids is 1. The molecule has 108 valence electrons. The summed E-state index contributed by atoms with van der Waals surface area (Å²) in [4.78, 5) is 12.6. The Bertz CT molecular complexity index is 633. The smallest absolute Gasteiger partial charge is 0.330 e. The van der Waals surface area contributed by atoms with E-state index < -0.39 is 0 Å². The molecule has 2 heterocycles. The van der Waals surface area contributed by atoms with Crippen LogP contribution in [0.15, 0.2) is 47.9 Å². The Morgan fingerprint density at radius 2 is 2.14 bits per heavy atom. The van der Waals surface area contributed by atoms with Gasteiger partial charge in [0.2, 0.25) is 0 Å². The van der Waals surface area contributed by atoms with Crippen LogP contribution in [-0.2, 0) is 9.53 Å². The molecule has 1 aromatic heterocycles. The summed E-state index contributed by atoms with van der Waals surface area (Å²) >= 11 is 1.56. The summed E-state index contributed by atoms with van der Waals surface area (Å²) in [6, 6.07) is 11.3. The van der Waals surface area contributed by atoms with Crippen molar-refractivity contribution in [1.29, 1.82) is 0 Å². The van der Waals surface area contributed by atoms with Gasteiger partial charge in [-0.15, -0.1) is 11.3 Å². The summed E-state index contributed by atoms with van der Waals surface area (Å²) in [7, 11) is 0. The number of esters is 1. The summed E-state index contributed by atoms with van der Waals surface area (Å²) in [5, 5.41) is 1.95. The van der Waals surface area contributed by atoms with E-state index in [1.807, 2.05) is 41.8 Å². The molecule has 0 N–H and O–H groups in total. The average Bonchev–Trinajstić information content (AvgIpc) is 3.04. The topological polar surface area (TPSA) is 44.8 Å². The molecule has 1 aromatic carbocycles. The minimum Gasteiger partial charge on any atom is -0.486 e. The Hall–Kier alpha value is -2.27. The van der Waals surface area contributed by atoms with Gasteiger partial charge in [0, 0.05) is 11.0 Å². The lowest BCUT2D eigenvalue weighted by Gasteiger charge is -2.25. The lowest BCUT2D eigenvalue weighted by molar-refractivity contribution is -0.140. The highest BCUT2D eigenvalue weighted by molar-refractivity contribution is 7.10. The van der Waals surface area contributed by atoms with Crippen LogP contribution in [0.5, 0.6) is 11.5 Å². The summed E-state index contributed by atoms with van der Waals surface area (Å²) in [6.45, 7) is 0.543. The van der Waals surface area contributed by atoms with Crippen molar-refractivity contribution in [2.45, 2.75) is 6.10 Å². The average molecular weight is 302 g/mol. The number of benzene rings is 1. The molecule has 0 unspecified atom stereocenters. The second-order valence-corrected chi connectivity index (χ2v) is 5.46. The largest absolute Gasteiger partial charge is 0.486 e. The standard InChI is InChI=1S/C16H14O4S/c17-16(8-7-13-4-3-9-21-13)19-11-12-10-18-14-5-1-2-6-15(14)20-12/h1-9,12H,10-11H2/b8-7+/t12-/m0/s1. The van der Waals surface area contributed by atoms with Crippen LogP contribution in [0, 0.1) is 0 Å². The van der Waals surface area contributed by atoms with Gasteiger partial charge in [-0.2, -0.15) is 0 Å². The molecule has 21 heavy (non-hydrogen) atoms. The van der Waals surface area contributed by atoms with E-state index >= 15 is 0 Å². The number of thiophene rings is 1. The first kappa shape index (κ1) is 13.7. The second kappa shape index (κ2) is 6.45. The molecule has 0 radical (unpaired) electrons. The Morgan fingerprint density at radius 3 is 2.95 bits per heavy atom. The Kier molecular flexibility index (Phi) is 4.21. The molecular formula is C16H14O4S. The third-order valence-electron chi connectivity index (χ3n) is 2.91. The highest BCUT2D eigenvalue weighted by Gasteiger charge is 2.21. The van der Waals surface area contributed by atoms with E-state index in [2.05, 4.69) is 0 Å². The zero-order valence-corrected chi connectivity index (χ0v) is 12.0. The van der Waals surface area contributed by atoms with E-state index in [-0.39, 0.29) is 18.7 Å². The minimum absolute atomic E-state index is 0.169. The predicted octanol–water partition coefficient (Wildman–Crippen LogP) is 3.14. The first-order chi connectivity index (χ1) is 10.3. The number of para-hydroxylation sites is 2. The van der Waals surface area contributed by atoms with Gasteiger partial charge in [-0.25, -0.2) is 4.79 Å². The van der Waals surface area contributed by atoms with Gasteiger partial charge in [-0.1, -0.05) is 18.2 Å². The molecule has 0 amide bonds. The zero-order valence-electron chi connectivity index (χ0n) is 11.2. The van der Waals surface area contributed by atoms with Crippen molar-refractivity contribution in [3.05, 3.63) is 52.7 Å². The molecule has 4 nitrogen and oxygen atoms in total. The maximum absolute atomic E-state index is 11.6. The molecule has 0 saturated carbocycles. The fourth-order valence-corrected chi connectivity index (χ4v) is 2.52. The van der Waals surface area contributed by atoms with Crippen LogP contribution >= 0.6 is 11.3 Å². The molecular weight excluding hydrogens is 288 g/mol. The summed E-state index contributed by atoms with van der Waals surface area (Å²) < 4.78 is 16.4. The maximum atomic E-state index is 11.6. The first-order valence-electron chi connectivity index (χ1n) is 6.58. The van der Waals surface area contributed by atoms with E-state index in [1.54, 1.807) is 17.4 Å². The van der Waals surface area contributed by atoms with E-state index in [9.17, 15) is 4.79 Å². The normalized spacial score (nSPS) is 16.9. The number of hydrogen-bond acceptors (Lipinski definition) is 5. The molecule has 3 rings (SSSR count). The predicted molar refractivity (Wildman–Crippen MR) is 80.7 cm³/mol. The first-order valence-corrected chi connectivity index (χ1v) is 7.46. The lowest BCUT2D eigenvalue weighted by Crippen LogP contribution is -2.34. The van der Waals surface area contributed by atoms with Crippen LogP contribution in [0.25, 0.3) is 6.08 Å². The van der Waals surface area contributed by atoms with Gasteiger partial charge in [-0.05, 0) is 29.7 Å². The van der Waals surface area contributed by atoms with Gasteiger partial charge in [0.15, 0.2) is 17.6 Å². The van der Waals surface area contributed by atoms with Gasteiger partial charge >= 0.3 is 5.97 Å². The molecule has 0 saturated heterocycles. The van der Waals surface area contributed by atoms with Crippen molar-refractivity contribution in [1.82, 2.24) is 0 Å². The SMILES string of the molecule is O=C(/C=C/c1cccs1)OC[C@@H]1COc2ccccc2O1. The zero-order chi connectivity index (χ0) is 14.5. The summed E-state index contributed by atoms with van der Waals surface area (Å²) in [6.07, 6.45) is 2.88. The van der Waals surface area contributed by atoms with Gasteiger partial charge in [0.1, 0.15) is 13.2 Å². The Balaban J connectivity index is 1.49. The van der Waals surface area contributed by atoms with Crippen LogP contribution < -0.4 is 9.47 Å². The van der Waals surface area contributed by atoms with E-state index in [1.165, 1.54) is 6.08 Å². The summed E-state index contributed by atoms with van der Waals surface area (Å²) in [5.41, 5.74) is 0. The van der Waals surface area contributed by atoms with Gasteiger partial charge in [0.05, 0.1) is 0 Å². The van der Waals surface area contributed by atoms with Crippen LogP contribution in [0.3, 0.4) is 0 Å². The molecule has 2 aromatic rings. The van der Waals surface area contributed by atoms with Crippen molar-refractivity contribution in [3.63, 3.8) is 0 Å². The second-order valence-electron chi connectivity index (χ2n) is 4.48. The monoisotopic (exact) mass is 302 g/mol. The number of fused-ring (bicyclic) bond motifs is 1. The maximum Gasteiger partial charge on any atom is 0.330 e. The van der Waals surface area contributed by atoms with Crippen molar-refractivity contribution in [2.24, 2.45) is 0 Å². The highest BCUT2D eigenvalue weighted by Crippen LogP contribution is 2.30. The van der Waals surface area contributed by atoms with Crippen molar-refractivity contribution >= 4 is 23.4 Å². The van der Waals surface area contributed by atoms with Crippen LogP contribution in [0.4, 0.5) is 0 Å². The van der Waals surface area contributed by atoms with Gasteiger partial charge in [0.25, 0.3) is 0 Å². The third-order valence-corrected chi connectivity index (χ3v) is 3.74. The number of carbonyl (C=O) groups is 1. The van der Waals surface area contributed by atoms with E-state index in [4.69, 9.17) is 14.2 Å². The van der Waals surface area contributed by atoms with E-state index in [0.29, 0.717) is 12.4 Å². The van der Waals surface area contributed by atoms with Crippen molar-refractivity contribution in [2.75, 3.05) is 13.2 Å². The summed E-state index contributed by atoms with van der Waals surface area (Å²) in [5.74, 6) is 1.02. The lowest BCUT2D eigenvalue weighted by atomic mass is 10.3. The highest BCUT2D eigenvalue weighted by atomic mass is 32.1. The van der Waals surface area contributed by atoms with Crippen molar-refractivity contribution in [3.8, 4) is 11.5 Å². The molecule has 5 heteroatoms. The molecule has 1 aliphatic heterocycles. The molecule has 0 bridgehead atoms. The number of hydrogen-bond donors (Lipinski definition) is 0. The quantitative estimate of drug-likeness (QED) is 0.643. The third kappa shape index (κ3) is 3.64. The van der Waals surface area contributed by atoms with Crippen LogP contribution in [0.1, 0.15) is 4.88 Å². The Labute approximate surface area is 126 Å².